The first-order chi connectivity index (χ1) is 8.85. The number of anilines is 1. The minimum Gasteiger partial charge on any atom is -0.481 e. The number of hydrogen-bond acceptors (Lipinski definition) is 4. The van der Waals surface area contributed by atoms with E-state index in [-0.39, 0.29) is 18.7 Å². The van der Waals surface area contributed by atoms with Gasteiger partial charge in [0.1, 0.15) is 0 Å². The molecule has 0 saturated carbocycles. The van der Waals surface area contributed by atoms with Gasteiger partial charge in [-0.25, -0.2) is 0 Å². The number of carboxylic acid groups (broad SMARTS) is 1. The minimum absolute atomic E-state index is 0.0602. The first-order valence-electron chi connectivity index (χ1n) is 5.89. The molecule has 0 unspecified atom stereocenters. The lowest BCUT2D eigenvalue weighted by Crippen LogP contribution is -2.29. The van der Waals surface area contributed by atoms with E-state index in [0.29, 0.717) is 17.2 Å². The average molecular weight is 265 g/mol. The smallest absolute Gasteiger partial charge is 0.303 e. The third-order valence-electron chi connectivity index (χ3n) is 2.50. The fraction of sp³-hybridized carbons (Fsp3) is 0.385. The zero-order valence-electron chi connectivity index (χ0n) is 10.7. The van der Waals surface area contributed by atoms with Gasteiger partial charge in [0.05, 0.1) is 6.42 Å². The van der Waals surface area contributed by atoms with Crippen molar-refractivity contribution in [3.63, 3.8) is 0 Å². The Hall–Kier alpha value is -2.24. The van der Waals surface area contributed by atoms with Gasteiger partial charge in [-0.2, -0.15) is 0 Å². The van der Waals surface area contributed by atoms with E-state index in [9.17, 15) is 9.59 Å². The van der Waals surface area contributed by atoms with Crippen molar-refractivity contribution in [1.82, 2.24) is 0 Å². The summed E-state index contributed by atoms with van der Waals surface area (Å²) in [7, 11) is 0. The standard InChI is InChI=1S/C13H15NO5/c1-13(2)18-9-4-3-8(7-10(9)19-13)14-11(15)5-6-12(16)17/h3-4,7H,5-6H2,1-2H3,(H,14,15)(H,16,17). The van der Waals surface area contributed by atoms with Crippen LogP contribution in [0.25, 0.3) is 0 Å². The number of aliphatic carboxylic acids is 1. The molecular weight excluding hydrogens is 250 g/mol. The maximum atomic E-state index is 11.5. The zero-order chi connectivity index (χ0) is 14.0. The second-order valence-corrected chi connectivity index (χ2v) is 4.71. The molecule has 6 heteroatoms. The predicted molar refractivity (Wildman–Crippen MR) is 67.3 cm³/mol. The summed E-state index contributed by atoms with van der Waals surface area (Å²) in [6.45, 7) is 3.58. The Bertz CT molecular complexity index is 524. The van der Waals surface area contributed by atoms with Crippen LogP contribution in [0.3, 0.4) is 0 Å². The molecular formula is C13H15NO5. The third kappa shape index (κ3) is 3.37. The summed E-state index contributed by atoms with van der Waals surface area (Å²) < 4.78 is 11.1. The SMILES string of the molecule is CC1(C)Oc2ccc(NC(=O)CCC(=O)O)cc2O1. The van der Waals surface area contributed by atoms with Crippen LogP contribution < -0.4 is 14.8 Å². The van der Waals surface area contributed by atoms with Crippen LogP contribution in [0.2, 0.25) is 0 Å². The maximum Gasteiger partial charge on any atom is 0.303 e. The van der Waals surface area contributed by atoms with Crippen molar-refractivity contribution in [2.24, 2.45) is 0 Å². The van der Waals surface area contributed by atoms with Crippen molar-refractivity contribution in [2.75, 3.05) is 5.32 Å². The van der Waals surface area contributed by atoms with E-state index in [1.54, 1.807) is 32.0 Å². The molecule has 0 aromatic heterocycles. The van der Waals surface area contributed by atoms with Crippen LogP contribution in [-0.4, -0.2) is 22.8 Å². The maximum absolute atomic E-state index is 11.5. The summed E-state index contributed by atoms with van der Waals surface area (Å²) >= 11 is 0. The van der Waals surface area contributed by atoms with Crippen LogP contribution >= 0.6 is 0 Å². The van der Waals surface area contributed by atoms with Gasteiger partial charge in [0.15, 0.2) is 11.5 Å². The summed E-state index contributed by atoms with van der Waals surface area (Å²) in [6.07, 6.45) is -0.251. The molecule has 2 N–H and O–H groups in total. The quantitative estimate of drug-likeness (QED) is 0.869. The number of carbonyl (C=O) groups excluding carboxylic acids is 1. The fourth-order valence-electron chi connectivity index (χ4n) is 1.74. The van der Waals surface area contributed by atoms with Crippen molar-refractivity contribution in [3.8, 4) is 11.5 Å². The van der Waals surface area contributed by atoms with Crippen molar-refractivity contribution < 1.29 is 24.2 Å². The highest BCUT2D eigenvalue weighted by atomic mass is 16.7. The van der Waals surface area contributed by atoms with Crippen LogP contribution in [0.1, 0.15) is 26.7 Å². The number of nitrogens with one attached hydrogen (secondary N) is 1. The third-order valence-corrected chi connectivity index (χ3v) is 2.50. The van der Waals surface area contributed by atoms with Gasteiger partial charge in [-0.15, -0.1) is 0 Å². The first-order valence-corrected chi connectivity index (χ1v) is 5.89. The fourth-order valence-corrected chi connectivity index (χ4v) is 1.74. The molecule has 102 valence electrons. The highest BCUT2D eigenvalue weighted by molar-refractivity contribution is 5.92. The van der Waals surface area contributed by atoms with Crippen LogP contribution in [0, 0.1) is 0 Å². The Kier molecular flexibility index (Phi) is 3.33. The Labute approximate surface area is 110 Å². The lowest BCUT2D eigenvalue weighted by Gasteiger charge is -2.16. The number of benzene rings is 1. The number of fused-ring (bicyclic) bond motifs is 1. The van der Waals surface area contributed by atoms with E-state index in [4.69, 9.17) is 14.6 Å². The molecule has 1 aliphatic heterocycles. The van der Waals surface area contributed by atoms with E-state index < -0.39 is 11.8 Å². The molecule has 0 saturated heterocycles. The van der Waals surface area contributed by atoms with Gasteiger partial charge in [-0.3, -0.25) is 9.59 Å². The Morgan fingerprint density at radius 2 is 1.89 bits per heavy atom. The van der Waals surface area contributed by atoms with Gasteiger partial charge in [0.2, 0.25) is 11.7 Å². The second kappa shape index (κ2) is 4.79. The van der Waals surface area contributed by atoms with E-state index in [0.717, 1.165) is 0 Å². The molecule has 6 nitrogen and oxygen atoms in total. The van der Waals surface area contributed by atoms with Crippen LogP contribution in [0.5, 0.6) is 11.5 Å². The summed E-state index contributed by atoms with van der Waals surface area (Å²) in [6, 6.07) is 5.04. The van der Waals surface area contributed by atoms with E-state index >= 15 is 0 Å². The van der Waals surface area contributed by atoms with Gasteiger partial charge in [0.25, 0.3) is 0 Å². The van der Waals surface area contributed by atoms with Gasteiger partial charge in [0, 0.05) is 32.0 Å². The number of ether oxygens (including phenoxy) is 2. The van der Waals surface area contributed by atoms with Crippen molar-refractivity contribution in [3.05, 3.63) is 18.2 Å². The summed E-state index contributed by atoms with van der Waals surface area (Å²) in [4.78, 5) is 21.9. The number of hydrogen-bond donors (Lipinski definition) is 2. The van der Waals surface area contributed by atoms with Crippen LogP contribution in [0.15, 0.2) is 18.2 Å². The average Bonchev–Trinajstić information content (AvgIpc) is 2.59. The highest BCUT2D eigenvalue weighted by Crippen LogP contribution is 2.40. The molecule has 1 aromatic carbocycles. The second-order valence-electron chi connectivity index (χ2n) is 4.71. The lowest BCUT2D eigenvalue weighted by atomic mass is 10.2. The first kappa shape index (κ1) is 13.2. The minimum atomic E-state index is -0.998. The molecule has 1 amide bonds. The number of rotatable bonds is 4. The summed E-state index contributed by atoms with van der Waals surface area (Å²) in [5.74, 6) is -0.883. The Morgan fingerprint density at radius 1 is 1.21 bits per heavy atom. The van der Waals surface area contributed by atoms with Gasteiger partial charge >= 0.3 is 5.97 Å². The number of carbonyl (C=O) groups is 2. The van der Waals surface area contributed by atoms with Gasteiger partial charge < -0.3 is 19.9 Å². The van der Waals surface area contributed by atoms with Crippen LogP contribution in [0.4, 0.5) is 5.69 Å². The molecule has 19 heavy (non-hydrogen) atoms. The molecule has 0 radical (unpaired) electrons. The zero-order valence-corrected chi connectivity index (χ0v) is 10.7. The molecule has 0 bridgehead atoms. The highest BCUT2D eigenvalue weighted by Gasteiger charge is 2.31. The molecule has 1 heterocycles. The predicted octanol–water partition coefficient (Wildman–Crippen LogP) is 2.00. The molecule has 0 spiro atoms. The topological polar surface area (TPSA) is 84.9 Å². The van der Waals surface area contributed by atoms with Crippen molar-refractivity contribution in [1.29, 1.82) is 0 Å². The molecule has 0 atom stereocenters. The summed E-state index contributed by atoms with van der Waals surface area (Å²) in [5, 5.41) is 11.1. The molecule has 2 rings (SSSR count). The van der Waals surface area contributed by atoms with E-state index in [2.05, 4.69) is 5.32 Å². The number of amides is 1. The number of carboxylic acids is 1. The largest absolute Gasteiger partial charge is 0.481 e. The molecule has 1 aromatic rings. The Morgan fingerprint density at radius 3 is 2.58 bits per heavy atom. The monoisotopic (exact) mass is 265 g/mol. The van der Waals surface area contributed by atoms with Gasteiger partial charge in [-0.05, 0) is 12.1 Å². The van der Waals surface area contributed by atoms with Gasteiger partial charge in [-0.1, -0.05) is 0 Å². The molecule has 1 aliphatic rings. The van der Waals surface area contributed by atoms with Crippen molar-refractivity contribution in [2.45, 2.75) is 32.5 Å². The summed E-state index contributed by atoms with van der Waals surface area (Å²) in [5.41, 5.74) is 0.551. The lowest BCUT2D eigenvalue weighted by molar-refractivity contribution is -0.138. The normalized spacial score (nSPS) is 15.1. The van der Waals surface area contributed by atoms with Crippen molar-refractivity contribution >= 4 is 17.6 Å². The van der Waals surface area contributed by atoms with Crippen LogP contribution in [-0.2, 0) is 9.59 Å². The molecule has 0 fully saturated rings. The van der Waals surface area contributed by atoms with E-state index in [1.807, 2.05) is 0 Å². The molecule has 0 aliphatic carbocycles. The van der Waals surface area contributed by atoms with E-state index in [1.165, 1.54) is 0 Å². The Balaban J connectivity index is 2.00.